The number of rotatable bonds is 4. The van der Waals surface area contributed by atoms with Crippen molar-refractivity contribution in [3.05, 3.63) is 40.8 Å². The zero-order chi connectivity index (χ0) is 21.4. The Morgan fingerprint density at radius 2 is 1.77 bits per heavy atom. The van der Waals surface area contributed by atoms with Gasteiger partial charge in [0.25, 0.3) is 5.56 Å². The number of hydrogen-bond acceptors (Lipinski definition) is 4. The van der Waals surface area contributed by atoms with E-state index in [4.69, 9.17) is 0 Å². The first-order valence-electron chi connectivity index (χ1n) is 10.4. The molecule has 1 saturated heterocycles. The van der Waals surface area contributed by atoms with E-state index in [1.54, 1.807) is 31.7 Å². The second kappa shape index (κ2) is 7.93. The van der Waals surface area contributed by atoms with Crippen LogP contribution in [0, 0.1) is 0 Å². The summed E-state index contributed by atoms with van der Waals surface area (Å²) in [5.74, 6) is -0.355. The second-order valence-electron chi connectivity index (χ2n) is 8.01. The van der Waals surface area contributed by atoms with Gasteiger partial charge >= 0.3 is 0 Å². The molecule has 4 rings (SSSR count). The zero-order valence-corrected chi connectivity index (χ0v) is 17.6. The fraction of sp³-hybridized carbons (Fsp3) is 0.455. The highest BCUT2D eigenvalue weighted by Gasteiger charge is 2.27. The number of piperidine rings is 1. The van der Waals surface area contributed by atoms with E-state index >= 15 is 0 Å². The SMILES string of the molecule is C[C@H](NC(=O)[C@@H](C)n1c2ccccc2c2cnn(C)c(=O)c21)C(=O)N1CCCCC1. The molecule has 8 nitrogen and oxygen atoms in total. The van der Waals surface area contributed by atoms with Crippen LogP contribution in [0.4, 0.5) is 0 Å². The number of nitrogens with one attached hydrogen (secondary N) is 1. The van der Waals surface area contributed by atoms with Gasteiger partial charge in [-0.15, -0.1) is 0 Å². The van der Waals surface area contributed by atoms with E-state index in [9.17, 15) is 14.4 Å². The van der Waals surface area contributed by atoms with E-state index < -0.39 is 12.1 Å². The molecule has 158 valence electrons. The molecule has 1 aliphatic heterocycles. The van der Waals surface area contributed by atoms with Gasteiger partial charge in [0.1, 0.15) is 17.6 Å². The highest BCUT2D eigenvalue weighted by molar-refractivity contribution is 6.08. The number of benzene rings is 1. The maximum atomic E-state index is 13.1. The van der Waals surface area contributed by atoms with Crippen LogP contribution in [-0.4, -0.2) is 50.2 Å². The molecule has 0 spiro atoms. The van der Waals surface area contributed by atoms with Gasteiger partial charge in [-0.2, -0.15) is 5.10 Å². The molecule has 0 aliphatic carbocycles. The number of amides is 2. The van der Waals surface area contributed by atoms with Crippen LogP contribution < -0.4 is 10.9 Å². The van der Waals surface area contributed by atoms with E-state index in [0.717, 1.165) is 43.3 Å². The summed E-state index contributed by atoms with van der Waals surface area (Å²) in [6, 6.07) is 6.30. The van der Waals surface area contributed by atoms with E-state index in [1.807, 2.05) is 29.2 Å². The first kappa shape index (κ1) is 20.1. The largest absolute Gasteiger partial charge is 0.343 e. The van der Waals surface area contributed by atoms with Crippen LogP contribution >= 0.6 is 0 Å². The van der Waals surface area contributed by atoms with Crippen molar-refractivity contribution < 1.29 is 9.59 Å². The molecule has 8 heteroatoms. The summed E-state index contributed by atoms with van der Waals surface area (Å²) >= 11 is 0. The summed E-state index contributed by atoms with van der Waals surface area (Å²) < 4.78 is 3.02. The minimum atomic E-state index is -0.667. The highest BCUT2D eigenvalue weighted by Crippen LogP contribution is 2.29. The van der Waals surface area contributed by atoms with Crippen LogP contribution in [0.25, 0.3) is 21.8 Å². The maximum absolute atomic E-state index is 13.1. The summed E-state index contributed by atoms with van der Waals surface area (Å²) in [5.41, 5.74) is 0.961. The van der Waals surface area contributed by atoms with Crippen molar-refractivity contribution >= 4 is 33.6 Å². The zero-order valence-electron chi connectivity index (χ0n) is 17.6. The normalized spacial score (nSPS) is 16.6. The molecule has 0 bridgehead atoms. The van der Waals surface area contributed by atoms with Crippen molar-refractivity contribution in [2.75, 3.05) is 13.1 Å². The molecule has 30 heavy (non-hydrogen) atoms. The smallest absolute Gasteiger partial charge is 0.291 e. The Morgan fingerprint density at radius 1 is 1.07 bits per heavy atom. The Bertz CT molecular complexity index is 1170. The fourth-order valence-corrected chi connectivity index (χ4v) is 4.29. The van der Waals surface area contributed by atoms with Gasteiger partial charge < -0.3 is 14.8 Å². The highest BCUT2D eigenvalue weighted by atomic mass is 16.2. The number of likely N-dealkylation sites (tertiary alicyclic amines) is 1. The quantitative estimate of drug-likeness (QED) is 0.713. The second-order valence-corrected chi connectivity index (χ2v) is 8.01. The predicted octanol–water partition coefficient (Wildman–Crippen LogP) is 1.97. The molecule has 0 radical (unpaired) electrons. The summed E-state index contributed by atoms with van der Waals surface area (Å²) in [6.07, 6.45) is 4.80. The third-order valence-corrected chi connectivity index (χ3v) is 5.97. The molecule has 0 saturated carbocycles. The first-order valence-corrected chi connectivity index (χ1v) is 10.4. The number of fused-ring (bicyclic) bond motifs is 3. The minimum absolute atomic E-state index is 0.0578. The Kier molecular flexibility index (Phi) is 5.32. The lowest BCUT2D eigenvalue weighted by Gasteiger charge is -2.30. The molecule has 1 fully saturated rings. The first-order chi connectivity index (χ1) is 14.4. The Balaban J connectivity index is 1.67. The summed E-state index contributed by atoms with van der Waals surface area (Å²) in [5, 5.41) is 8.57. The Morgan fingerprint density at radius 3 is 2.50 bits per heavy atom. The van der Waals surface area contributed by atoms with Crippen LogP contribution in [0.1, 0.15) is 39.2 Å². The van der Waals surface area contributed by atoms with Gasteiger partial charge in [0.15, 0.2) is 0 Å². The van der Waals surface area contributed by atoms with Gasteiger partial charge in [0, 0.05) is 30.9 Å². The predicted molar refractivity (Wildman–Crippen MR) is 115 cm³/mol. The average Bonchev–Trinajstić information content (AvgIpc) is 3.10. The van der Waals surface area contributed by atoms with E-state index in [1.165, 1.54) is 4.68 Å². The molecule has 2 amide bonds. The van der Waals surface area contributed by atoms with Gasteiger partial charge in [-0.1, -0.05) is 18.2 Å². The van der Waals surface area contributed by atoms with Crippen LogP contribution in [0.15, 0.2) is 35.3 Å². The van der Waals surface area contributed by atoms with Crippen molar-refractivity contribution in [3.8, 4) is 0 Å². The van der Waals surface area contributed by atoms with Gasteiger partial charge in [-0.05, 0) is 39.2 Å². The monoisotopic (exact) mass is 409 g/mol. The number of aryl methyl sites for hydroxylation is 1. The molecule has 3 heterocycles. The number of carbonyl (C=O) groups excluding carboxylic acids is 2. The van der Waals surface area contributed by atoms with Crippen molar-refractivity contribution in [2.45, 2.75) is 45.2 Å². The summed E-state index contributed by atoms with van der Waals surface area (Å²) in [4.78, 5) is 40.5. The average molecular weight is 409 g/mol. The molecule has 1 aliphatic rings. The Hall–Kier alpha value is -3.16. The number of nitrogens with zero attached hydrogens (tertiary/aromatic N) is 4. The van der Waals surface area contributed by atoms with Crippen LogP contribution in [0.3, 0.4) is 0 Å². The number of aromatic nitrogens is 3. The Labute approximate surface area is 174 Å². The number of para-hydroxylation sites is 1. The van der Waals surface area contributed by atoms with Gasteiger partial charge in [-0.25, -0.2) is 4.68 Å². The molecule has 0 unspecified atom stereocenters. The lowest BCUT2D eigenvalue weighted by Crippen LogP contribution is -2.49. The molecule has 2 aromatic heterocycles. The molecule has 2 atom stereocenters. The van der Waals surface area contributed by atoms with E-state index in [-0.39, 0.29) is 17.4 Å². The lowest BCUT2D eigenvalue weighted by molar-refractivity contribution is -0.137. The third kappa shape index (κ3) is 3.36. The van der Waals surface area contributed by atoms with E-state index in [2.05, 4.69) is 10.4 Å². The topological polar surface area (TPSA) is 89.2 Å². The van der Waals surface area contributed by atoms with Gasteiger partial charge in [0.05, 0.1) is 11.7 Å². The number of hydrogen-bond donors (Lipinski definition) is 1. The maximum Gasteiger partial charge on any atom is 0.291 e. The van der Waals surface area contributed by atoms with Crippen molar-refractivity contribution in [1.29, 1.82) is 0 Å². The fourth-order valence-electron chi connectivity index (χ4n) is 4.29. The van der Waals surface area contributed by atoms with Crippen LogP contribution in [0.2, 0.25) is 0 Å². The molecule has 1 aromatic carbocycles. The van der Waals surface area contributed by atoms with Crippen molar-refractivity contribution in [1.82, 2.24) is 24.6 Å². The lowest BCUT2D eigenvalue weighted by atomic mass is 10.1. The third-order valence-electron chi connectivity index (χ3n) is 5.97. The standard InChI is InChI=1S/C22H27N5O3/c1-14(21(29)26-11-7-4-8-12-26)24-20(28)15(2)27-18-10-6-5-9-16(18)17-13-23-25(3)22(30)19(17)27/h5-6,9-10,13-15H,4,7-8,11-12H2,1-3H3,(H,24,28)/t14-,15+/m0/s1. The van der Waals surface area contributed by atoms with Crippen molar-refractivity contribution in [3.63, 3.8) is 0 Å². The number of carbonyl (C=O) groups is 2. The summed E-state index contributed by atoms with van der Waals surface area (Å²) in [6.45, 7) is 4.95. The van der Waals surface area contributed by atoms with Gasteiger partial charge in [-0.3, -0.25) is 14.4 Å². The van der Waals surface area contributed by atoms with Gasteiger partial charge in [0.2, 0.25) is 11.8 Å². The molecular weight excluding hydrogens is 382 g/mol. The minimum Gasteiger partial charge on any atom is -0.343 e. The van der Waals surface area contributed by atoms with Crippen LogP contribution in [-0.2, 0) is 16.6 Å². The van der Waals surface area contributed by atoms with Crippen molar-refractivity contribution in [2.24, 2.45) is 7.05 Å². The van der Waals surface area contributed by atoms with E-state index in [0.29, 0.717) is 10.9 Å². The molecule has 3 aromatic rings. The van der Waals surface area contributed by atoms with Crippen LogP contribution in [0.5, 0.6) is 0 Å². The molecule has 1 N–H and O–H groups in total. The molecular formula is C22H27N5O3. The summed E-state index contributed by atoms with van der Waals surface area (Å²) in [7, 11) is 1.59.